The van der Waals surface area contributed by atoms with Gasteiger partial charge in [0, 0.05) is 13.5 Å². The highest BCUT2D eigenvalue weighted by Gasteiger charge is 2.31. The van der Waals surface area contributed by atoms with Crippen molar-refractivity contribution in [2.45, 2.75) is 45.3 Å². The van der Waals surface area contributed by atoms with Crippen LogP contribution in [0.4, 0.5) is 0 Å². The Labute approximate surface area is 91.6 Å². The second kappa shape index (κ2) is 6.08. The minimum atomic E-state index is -0.725. The molecule has 0 aromatic carbocycles. The molecule has 0 spiro atoms. The normalized spacial score (nSPS) is 15.9. The summed E-state index contributed by atoms with van der Waals surface area (Å²) >= 11 is 0. The number of aliphatic hydroxyl groups is 1. The first-order valence-electron chi connectivity index (χ1n) is 5.19. The van der Waals surface area contributed by atoms with E-state index >= 15 is 0 Å². The molecule has 0 aliphatic heterocycles. The van der Waals surface area contributed by atoms with Crippen LogP contribution in [-0.2, 0) is 14.3 Å². The smallest absolute Gasteiger partial charge is 0.311 e. The fourth-order valence-corrected chi connectivity index (χ4v) is 1.48. The highest BCUT2D eigenvalue weighted by atomic mass is 16.5. The van der Waals surface area contributed by atoms with Gasteiger partial charge >= 0.3 is 5.97 Å². The number of carbonyl (C=O) groups excluding carboxylic acids is 1. The van der Waals surface area contributed by atoms with Crippen LogP contribution >= 0.6 is 0 Å². The standard InChI is InChI=1S/C11H22O4/c1-6-8(10(13)14-4)9(12)7-11(2,3)15-5/h8-9,12H,6-7H2,1-5H3. The topological polar surface area (TPSA) is 55.8 Å². The number of ether oxygens (including phenoxy) is 2. The number of hydrogen-bond donors (Lipinski definition) is 1. The second-order valence-corrected chi connectivity index (χ2v) is 4.27. The summed E-state index contributed by atoms with van der Waals surface area (Å²) in [5.74, 6) is -0.832. The third-order valence-electron chi connectivity index (χ3n) is 2.66. The zero-order valence-electron chi connectivity index (χ0n) is 10.2. The SMILES string of the molecule is CCC(C(=O)OC)C(O)CC(C)(C)OC. The summed E-state index contributed by atoms with van der Waals surface area (Å²) in [5, 5.41) is 9.90. The number of carbonyl (C=O) groups is 1. The van der Waals surface area contributed by atoms with E-state index in [4.69, 9.17) is 4.74 Å². The van der Waals surface area contributed by atoms with Gasteiger partial charge in [0.2, 0.25) is 0 Å². The van der Waals surface area contributed by atoms with E-state index in [1.807, 2.05) is 20.8 Å². The third kappa shape index (κ3) is 4.62. The number of rotatable bonds is 6. The number of aliphatic hydroxyl groups excluding tert-OH is 1. The van der Waals surface area contributed by atoms with Gasteiger partial charge in [-0.3, -0.25) is 4.79 Å². The van der Waals surface area contributed by atoms with Crippen molar-refractivity contribution in [1.29, 1.82) is 0 Å². The van der Waals surface area contributed by atoms with Gasteiger partial charge in [-0.2, -0.15) is 0 Å². The van der Waals surface area contributed by atoms with Gasteiger partial charge in [-0.1, -0.05) is 6.92 Å². The van der Waals surface area contributed by atoms with Gasteiger partial charge < -0.3 is 14.6 Å². The molecule has 0 aliphatic rings. The lowest BCUT2D eigenvalue weighted by Gasteiger charge is -2.28. The number of hydrogen-bond acceptors (Lipinski definition) is 4. The van der Waals surface area contributed by atoms with Crippen LogP contribution in [0.25, 0.3) is 0 Å². The Morgan fingerprint density at radius 3 is 2.27 bits per heavy atom. The monoisotopic (exact) mass is 218 g/mol. The van der Waals surface area contributed by atoms with E-state index in [0.29, 0.717) is 12.8 Å². The van der Waals surface area contributed by atoms with Gasteiger partial charge in [-0.05, 0) is 20.3 Å². The molecule has 0 aliphatic carbocycles. The minimum Gasteiger partial charge on any atom is -0.469 e. The number of methoxy groups -OCH3 is 2. The average Bonchev–Trinajstić information content (AvgIpc) is 2.17. The van der Waals surface area contributed by atoms with E-state index in [0.717, 1.165) is 0 Å². The lowest BCUT2D eigenvalue weighted by atomic mass is 9.90. The van der Waals surface area contributed by atoms with Gasteiger partial charge in [0.05, 0.1) is 24.7 Å². The van der Waals surface area contributed by atoms with E-state index in [1.165, 1.54) is 7.11 Å². The highest BCUT2D eigenvalue weighted by molar-refractivity contribution is 5.72. The summed E-state index contributed by atoms with van der Waals surface area (Å²) in [6.07, 6.45) is 0.252. The molecule has 15 heavy (non-hydrogen) atoms. The largest absolute Gasteiger partial charge is 0.469 e. The van der Waals surface area contributed by atoms with E-state index in [9.17, 15) is 9.90 Å². The summed E-state index contributed by atoms with van der Waals surface area (Å²) in [5.41, 5.74) is -0.430. The van der Waals surface area contributed by atoms with Crippen molar-refractivity contribution in [3.8, 4) is 0 Å². The first kappa shape index (κ1) is 14.4. The second-order valence-electron chi connectivity index (χ2n) is 4.27. The highest BCUT2D eigenvalue weighted by Crippen LogP contribution is 2.22. The van der Waals surface area contributed by atoms with Gasteiger partial charge in [0.1, 0.15) is 0 Å². The van der Waals surface area contributed by atoms with Crippen molar-refractivity contribution in [3.05, 3.63) is 0 Å². The van der Waals surface area contributed by atoms with Crippen molar-refractivity contribution >= 4 is 5.97 Å². The van der Waals surface area contributed by atoms with Crippen LogP contribution < -0.4 is 0 Å². The Hall–Kier alpha value is -0.610. The Morgan fingerprint density at radius 1 is 1.40 bits per heavy atom. The first-order chi connectivity index (χ1) is 6.87. The van der Waals surface area contributed by atoms with Crippen LogP contribution in [0.3, 0.4) is 0 Å². The molecule has 0 saturated heterocycles. The molecule has 0 aromatic rings. The predicted molar refractivity (Wildman–Crippen MR) is 57.5 cm³/mol. The van der Waals surface area contributed by atoms with Gasteiger partial charge in [0.25, 0.3) is 0 Å². The Bertz CT molecular complexity index is 201. The predicted octanol–water partition coefficient (Wildman–Crippen LogP) is 1.36. The summed E-state index contributed by atoms with van der Waals surface area (Å²) in [4.78, 5) is 11.3. The molecule has 4 nitrogen and oxygen atoms in total. The fraction of sp³-hybridized carbons (Fsp3) is 0.909. The van der Waals surface area contributed by atoms with Crippen LogP contribution in [0.1, 0.15) is 33.6 Å². The molecule has 2 atom stereocenters. The maximum Gasteiger partial charge on any atom is 0.311 e. The maximum absolute atomic E-state index is 11.3. The molecule has 0 amide bonds. The molecular formula is C11H22O4. The van der Waals surface area contributed by atoms with E-state index in [1.54, 1.807) is 7.11 Å². The molecule has 0 saturated carbocycles. The summed E-state index contributed by atoms with van der Waals surface area (Å²) in [7, 11) is 2.92. The first-order valence-corrected chi connectivity index (χ1v) is 5.19. The molecule has 90 valence electrons. The molecule has 0 fully saturated rings. The quantitative estimate of drug-likeness (QED) is 0.684. The third-order valence-corrected chi connectivity index (χ3v) is 2.66. The van der Waals surface area contributed by atoms with Gasteiger partial charge in [-0.25, -0.2) is 0 Å². The molecule has 1 N–H and O–H groups in total. The molecule has 4 heteroatoms. The van der Waals surface area contributed by atoms with Crippen LogP contribution in [0.5, 0.6) is 0 Å². The van der Waals surface area contributed by atoms with Crippen LogP contribution in [0.15, 0.2) is 0 Å². The van der Waals surface area contributed by atoms with Gasteiger partial charge in [0.15, 0.2) is 0 Å². The Kier molecular flexibility index (Phi) is 5.83. The molecule has 0 radical (unpaired) electrons. The summed E-state index contributed by atoms with van der Waals surface area (Å²) in [6.45, 7) is 5.60. The van der Waals surface area contributed by atoms with E-state index < -0.39 is 17.6 Å². The molecular weight excluding hydrogens is 196 g/mol. The molecule has 2 unspecified atom stereocenters. The summed E-state index contributed by atoms with van der Waals surface area (Å²) < 4.78 is 9.84. The average molecular weight is 218 g/mol. The zero-order valence-corrected chi connectivity index (χ0v) is 10.2. The fourth-order valence-electron chi connectivity index (χ4n) is 1.48. The van der Waals surface area contributed by atoms with Crippen molar-refractivity contribution in [2.75, 3.05) is 14.2 Å². The maximum atomic E-state index is 11.3. The van der Waals surface area contributed by atoms with E-state index in [-0.39, 0.29) is 5.97 Å². The molecule has 0 bridgehead atoms. The number of esters is 1. The minimum absolute atomic E-state index is 0.364. The Morgan fingerprint density at radius 2 is 1.93 bits per heavy atom. The van der Waals surface area contributed by atoms with Crippen molar-refractivity contribution in [1.82, 2.24) is 0 Å². The van der Waals surface area contributed by atoms with Crippen molar-refractivity contribution in [3.63, 3.8) is 0 Å². The van der Waals surface area contributed by atoms with Crippen LogP contribution in [0, 0.1) is 5.92 Å². The van der Waals surface area contributed by atoms with Crippen molar-refractivity contribution < 1.29 is 19.4 Å². The van der Waals surface area contributed by atoms with Crippen LogP contribution in [0.2, 0.25) is 0 Å². The molecule has 0 aromatic heterocycles. The van der Waals surface area contributed by atoms with E-state index in [2.05, 4.69) is 4.74 Å². The zero-order chi connectivity index (χ0) is 12.1. The lowest BCUT2D eigenvalue weighted by molar-refractivity contribution is -0.151. The van der Waals surface area contributed by atoms with Crippen molar-refractivity contribution in [2.24, 2.45) is 5.92 Å². The molecule has 0 heterocycles. The molecule has 0 rings (SSSR count). The lowest BCUT2D eigenvalue weighted by Crippen LogP contribution is -2.36. The van der Waals surface area contributed by atoms with Gasteiger partial charge in [-0.15, -0.1) is 0 Å². The van der Waals surface area contributed by atoms with Crippen LogP contribution in [-0.4, -0.2) is 37.0 Å². The Balaban J connectivity index is 4.40. The summed E-state index contributed by atoms with van der Waals surface area (Å²) in [6, 6.07) is 0.